The predicted octanol–water partition coefficient (Wildman–Crippen LogP) is 1.09. The van der Waals surface area contributed by atoms with Crippen LogP contribution in [0.25, 0.3) is 0 Å². The normalized spacial score (nSPS) is 18.3. The molecule has 2 aliphatic rings. The average molecular weight is 376 g/mol. The maximum Gasteiger partial charge on any atom is 0.321 e. The lowest BCUT2D eigenvalue weighted by molar-refractivity contribution is -0.137. The van der Waals surface area contributed by atoms with Crippen LogP contribution in [0.15, 0.2) is 24.3 Å². The Morgan fingerprint density at radius 1 is 1.00 bits per heavy atom. The number of benzene rings is 1. The third-order valence-electron chi connectivity index (χ3n) is 4.94. The Morgan fingerprint density at radius 2 is 1.67 bits per heavy atom. The molecule has 1 aromatic carbocycles. The molecule has 0 aromatic heterocycles. The van der Waals surface area contributed by atoms with E-state index in [0.717, 1.165) is 32.7 Å². The molecule has 0 radical (unpaired) electrons. The van der Waals surface area contributed by atoms with E-state index < -0.39 is 0 Å². The average Bonchev–Trinajstić information content (AvgIpc) is 2.73. The fourth-order valence-electron chi connectivity index (χ4n) is 3.15. The first-order valence-corrected chi connectivity index (χ1v) is 9.52. The number of likely N-dealkylation sites (N-methyl/N-ethyl adjacent to an activating group) is 1. The zero-order valence-corrected chi connectivity index (χ0v) is 15.9. The van der Waals surface area contributed by atoms with Crippen molar-refractivity contribution in [3.05, 3.63) is 24.3 Å². The fraction of sp³-hybridized carbons (Fsp3) is 0.579. The van der Waals surface area contributed by atoms with Gasteiger partial charge < -0.3 is 29.5 Å². The molecule has 2 aliphatic heterocycles. The van der Waals surface area contributed by atoms with Gasteiger partial charge in [0.15, 0.2) is 6.61 Å². The van der Waals surface area contributed by atoms with Crippen LogP contribution in [0.5, 0.6) is 5.75 Å². The summed E-state index contributed by atoms with van der Waals surface area (Å²) in [5.41, 5.74) is 0.713. The van der Waals surface area contributed by atoms with E-state index >= 15 is 0 Å². The monoisotopic (exact) mass is 376 g/mol. The third-order valence-corrected chi connectivity index (χ3v) is 4.94. The maximum absolute atomic E-state index is 12.3. The quantitative estimate of drug-likeness (QED) is 0.833. The Balaban J connectivity index is 1.43. The SMILES string of the molecule is CCN1CCN(C(=O)Nc2ccc(OCC(=O)N3CCOCC3)cc2)CC1. The van der Waals surface area contributed by atoms with Gasteiger partial charge in [-0.2, -0.15) is 0 Å². The standard InChI is InChI=1S/C19H28N4O4/c1-2-21-7-9-23(10-8-21)19(25)20-16-3-5-17(6-4-16)27-15-18(24)22-11-13-26-14-12-22/h3-6H,2,7-15H2,1H3,(H,20,25). The molecule has 8 nitrogen and oxygen atoms in total. The highest BCUT2D eigenvalue weighted by Gasteiger charge is 2.20. The van der Waals surface area contributed by atoms with E-state index in [1.807, 2.05) is 4.90 Å². The van der Waals surface area contributed by atoms with Crippen LogP contribution in [0.1, 0.15) is 6.92 Å². The number of hydrogen-bond donors (Lipinski definition) is 1. The Bertz CT molecular complexity index is 623. The molecule has 8 heteroatoms. The first-order valence-electron chi connectivity index (χ1n) is 9.52. The van der Waals surface area contributed by atoms with Crippen LogP contribution in [-0.2, 0) is 9.53 Å². The highest BCUT2D eigenvalue weighted by atomic mass is 16.5. The van der Waals surface area contributed by atoms with Gasteiger partial charge >= 0.3 is 6.03 Å². The zero-order valence-electron chi connectivity index (χ0n) is 15.9. The molecular weight excluding hydrogens is 348 g/mol. The van der Waals surface area contributed by atoms with Crippen molar-refractivity contribution >= 4 is 17.6 Å². The number of hydrogen-bond acceptors (Lipinski definition) is 5. The lowest BCUT2D eigenvalue weighted by atomic mass is 10.3. The zero-order chi connectivity index (χ0) is 19.1. The number of urea groups is 1. The first kappa shape index (κ1) is 19.4. The number of amides is 3. The largest absolute Gasteiger partial charge is 0.484 e. The molecule has 0 aliphatic carbocycles. The van der Waals surface area contributed by atoms with E-state index in [0.29, 0.717) is 37.7 Å². The van der Waals surface area contributed by atoms with Crippen molar-refractivity contribution in [1.29, 1.82) is 0 Å². The second kappa shape index (κ2) is 9.57. The van der Waals surface area contributed by atoms with Crippen LogP contribution >= 0.6 is 0 Å². The highest BCUT2D eigenvalue weighted by molar-refractivity contribution is 5.89. The molecule has 27 heavy (non-hydrogen) atoms. The topological polar surface area (TPSA) is 74.4 Å². The molecule has 2 heterocycles. The van der Waals surface area contributed by atoms with Crippen molar-refractivity contribution < 1.29 is 19.1 Å². The van der Waals surface area contributed by atoms with Gasteiger partial charge in [0.2, 0.25) is 0 Å². The van der Waals surface area contributed by atoms with E-state index in [1.54, 1.807) is 29.2 Å². The number of nitrogens with one attached hydrogen (secondary N) is 1. The summed E-state index contributed by atoms with van der Waals surface area (Å²) in [6.07, 6.45) is 0. The van der Waals surface area contributed by atoms with Crippen LogP contribution in [0.2, 0.25) is 0 Å². The number of ether oxygens (including phenoxy) is 2. The molecule has 2 fully saturated rings. The van der Waals surface area contributed by atoms with Gasteiger partial charge in [-0.1, -0.05) is 6.92 Å². The molecule has 1 N–H and O–H groups in total. The summed E-state index contributed by atoms with van der Waals surface area (Å²) in [5.74, 6) is 0.563. The molecule has 0 spiro atoms. The lowest BCUT2D eigenvalue weighted by Gasteiger charge is -2.33. The van der Waals surface area contributed by atoms with E-state index in [-0.39, 0.29) is 18.5 Å². The number of morpholine rings is 1. The second-order valence-electron chi connectivity index (χ2n) is 6.66. The second-order valence-corrected chi connectivity index (χ2v) is 6.66. The molecule has 3 rings (SSSR count). The number of carbonyl (C=O) groups is 2. The summed E-state index contributed by atoms with van der Waals surface area (Å²) >= 11 is 0. The molecule has 0 saturated carbocycles. The predicted molar refractivity (Wildman–Crippen MR) is 102 cm³/mol. The van der Waals surface area contributed by atoms with E-state index in [1.165, 1.54) is 0 Å². The van der Waals surface area contributed by atoms with Crippen LogP contribution < -0.4 is 10.1 Å². The van der Waals surface area contributed by atoms with Gasteiger partial charge in [-0.25, -0.2) is 4.79 Å². The van der Waals surface area contributed by atoms with Crippen molar-refractivity contribution in [2.45, 2.75) is 6.92 Å². The third kappa shape index (κ3) is 5.58. The minimum Gasteiger partial charge on any atom is -0.484 e. The van der Waals surface area contributed by atoms with Gasteiger partial charge in [-0.15, -0.1) is 0 Å². The van der Waals surface area contributed by atoms with Crippen molar-refractivity contribution in [2.75, 3.05) is 71.0 Å². The minimum absolute atomic E-state index is 0.00735. The number of piperazine rings is 1. The van der Waals surface area contributed by atoms with Crippen molar-refractivity contribution in [1.82, 2.24) is 14.7 Å². The smallest absolute Gasteiger partial charge is 0.321 e. The summed E-state index contributed by atoms with van der Waals surface area (Å²) in [5, 5.41) is 2.91. The van der Waals surface area contributed by atoms with Gasteiger partial charge in [0.05, 0.1) is 13.2 Å². The molecule has 1 aromatic rings. The lowest BCUT2D eigenvalue weighted by Crippen LogP contribution is -2.49. The van der Waals surface area contributed by atoms with Crippen molar-refractivity contribution in [3.8, 4) is 5.75 Å². The minimum atomic E-state index is -0.0816. The summed E-state index contributed by atoms with van der Waals surface area (Å²) < 4.78 is 10.8. The Labute approximate surface area is 160 Å². The van der Waals surface area contributed by atoms with Gasteiger partial charge in [0.25, 0.3) is 5.91 Å². The number of nitrogens with zero attached hydrogens (tertiary/aromatic N) is 3. The summed E-state index contributed by atoms with van der Waals surface area (Å²) in [6, 6.07) is 7.01. The van der Waals surface area contributed by atoms with E-state index in [2.05, 4.69) is 17.1 Å². The molecule has 148 valence electrons. The molecule has 3 amide bonds. The number of anilines is 1. The van der Waals surface area contributed by atoms with Crippen LogP contribution in [0, 0.1) is 0 Å². The molecule has 0 atom stereocenters. The molecular formula is C19H28N4O4. The van der Waals surface area contributed by atoms with Gasteiger partial charge in [0, 0.05) is 45.0 Å². The number of carbonyl (C=O) groups excluding carboxylic acids is 2. The summed E-state index contributed by atoms with van der Waals surface area (Å²) in [4.78, 5) is 30.3. The fourth-order valence-corrected chi connectivity index (χ4v) is 3.15. The van der Waals surface area contributed by atoms with Crippen LogP contribution in [-0.4, -0.2) is 92.3 Å². The van der Waals surface area contributed by atoms with Gasteiger partial charge in [-0.3, -0.25) is 4.79 Å². The molecule has 0 unspecified atom stereocenters. The molecule has 0 bridgehead atoms. The number of rotatable bonds is 5. The maximum atomic E-state index is 12.3. The van der Waals surface area contributed by atoms with E-state index in [9.17, 15) is 9.59 Å². The van der Waals surface area contributed by atoms with Gasteiger partial charge in [-0.05, 0) is 30.8 Å². The first-order chi connectivity index (χ1) is 13.2. The van der Waals surface area contributed by atoms with Gasteiger partial charge in [0.1, 0.15) is 5.75 Å². The van der Waals surface area contributed by atoms with E-state index in [4.69, 9.17) is 9.47 Å². The van der Waals surface area contributed by atoms with Crippen LogP contribution in [0.4, 0.5) is 10.5 Å². The summed E-state index contributed by atoms with van der Waals surface area (Å²) in [6.45, 7) is 8.84. The van der Waals surface area contributed by atoms with Crippen molar-refractivity contribution in [2.24, 2.45) is 0 Å². The molecule has 2 saturated heterocycles. The summed E-state index contributed by atoms with van der Waals surface area (Å²) in [7, 11) is 0. The highest BCUT2D eigenvalue weighted by Crippen LogP contribution is 2.17. The van der Waals surface area contributed by atoms with Crippen molar-refractivity contribution in [3.63, 3.8) is 0 Å². The Hall–Kier alpha value is -2.32. The Morgan fingerprint density at radius 3 is 2.30 bits per heavy atom. The Kier molecular flexibility index (Phi) is 6.89. The van der Waals surface area contributed by atoms with Crippen LogP contribution in [0.3, 0.4) is 0 Å².